The molecule has 0 fully saturated rings. The van der Waals surface area contributed by atoms with Crippen LogP contribution >= 0.6 is 15.9 Å². The first kappa shape index (κ1) is 15.4. The molecule has 0 saturated heterocycles. The Morgan fingerprint density at radius 2 is 1.67 bits per heavy atom. The minimum atomic E-state index is -1.71. The minimum absolute atomic E-state index is 0.402. The Kier molecular flexibility index (Phi) is 4.27. The quantitative estimate of drug-likeness (QED) is 0.882. The van der Waals surface area contributed by atoms with Crippen LogP contribution in [0.4, 0.5) is 14.5 Å². The predicted octanol–water partition coefficient (Wildman–Crippen LogP) is 3.54. The highest BCUT2D eigenvalue weighted by Gasteiger charge is 2.38. The Labute approximate surface area is 129 Å². The number of carbonyl (C=O) groups excluding carboxylic acids is 1. The average Bonchev–Trinajstić information content (AvgIpc) is 2.41. The number of anilines is 1. The van der Waals surface area contributed by atoms with E-state index >= 15 is 0 Å². The van der Waals surface area contributed by atoms with Crippen molar-refractivity contribution in [2.75, 3.05) is 5.32 Å². The number of nitrogens with one attached hydrogen (secondary N) is 1. The van der Waals surface area contributed by atoms with E-state index in [4.69, 9.17) is 5.73 Å². The van der Waals surface area contributed by atoms with E-state index in [-0.39, 0.29) is 0 Å². The Morgan fingerprint density at radius 3 is 2.14 bits per heavy atom. The molecule has 0 aliphatic rings. The van der Waals surface area contributed by atoms with E-state index in [9.17, 15) is 13.6 Å². The molecule has 0 radical (unpaired) electrons. The van der Waals surface area contributed by atoms with E-state index in [1.54, 1.807) is 24.3 Å². The van der Waals surface area contributed by atoms with Gasteiger partial charge in [0.15, 0.2) is 0 Å². The van der Waals surface area contributed by atoms with Crippen molar-refractivity contribution in [3.8, 4) is 0 Å². The first-order chi connectivity index (χ1) is 9.84. The fourth-order valence-electron chi connectivity index (χ4n) is 2.04. The summed E-state index contributed by atoms with van der Waals surface area (Å²) in [4.78, 5) is 11.8. The summed E-state index contributed by atoms with van der Waals surface area (Å²) in [6.45, 7) is 1.35. The first-order valence-electron chi connectivity index (χ1n) is 6.13. The van der Waals surface area contributed by atoms with Gasteiger partial charge in [0.25, 0.3) is 0 Å². The molecule has 110 valence electrons. The topological polar surface area (TPSA) is 55.1 Å². The third-order valence-electron chi connectivity index (χ3n) is 3.19. The second-order valence-electron chi connectivity index (χ2n) is 4.72. The second-order valence-corrected chi connectivity index (χ2v) is 5.63. The van der Waals surface area contributed by atoms with Crippen LogP contribution in [0.2, 0.25) is 0 Å². The van der Waals surface area contributed by atoms with Crippen molar-refractivity contribution >= 4 is 27.5 Å². The maximum absolute atomic E-state index is 14.0. The van der Waals surface area contributed by atoms with Crippen LogP contribution in [-0.4, -0.2) is 5.91 Å². The molecule has 1 amide bonds. The lowest BCUT2D eigenvalue weighted by molar-refractivity contribution is -0.122. The second kappa shape index (κ2) is 5.81. The lowest BCUT2D eigenvalue weighted by Gasteiger charge is -2.29. The molecule has 1 atom stereocenters. The summed E-state index contributed by atoms with van der Waals surface area (Å²) < 4.78 is 28.8. The molecule has 1 unspecified atom stereocenters. The van der Waals surface area contributed by atoms with Crippen LogP contribution in [0.5, 0.6) is 0 Å². The standard InChI is InChI=1S/C15H13BrF2N2O/c1-15(14(19)21,13-11(17)3-2-4-12(13)18)20-10-7-5-9(16)6-8-10/h2-8,20H,1H3,(H2,19,21). The van der Waals surface area contributed by atoms with Gasteiger partial charge in [-0.15, -0.1) is 0 Å². The highest BCUT2D eigenvalue weighted by Crippen LogP contribution is 2.30. The van der Waals surface area contributed by atoms with Gasteiger partial charge in [0.2, 0.25) is 5.91 Å². The maximum Gasteiger partial charge on any atom is 0.247 e. The lowest BCUT2D eigenvalue weighted by atomic mass is 9.89. The molecule has 2 aromatic carbocycles. The number of carbonyl (C=O) groups is 1. The summed E-state index contributed by atoms with van der Waals surface area (Å²) in [6, 6.07) is 10.2. The van der Waals surface area contributed by atoms with E-state index in [1.165, 1.54) is 13.0 Å². The Balaban J connectivity index is 2.51. The number of benzene rings is 2. The number of primary amides is 1. The highest BCUT2D eigenvalue weighted by atomic mass is 79.9. The summed E-state index contributed by atoms with van der Waals surface area (Å²) in [7, 11) is 0. The number of hydrogen-bond acceptors (Lipinski definition) is 2. The molecule has 0 spiro atoms. The Morgan fingerprint density at radius 1 is 1.14 bits per heavy atom. The van der Waals surface area contributed by atoms with Gasteiger partial charge in [0, 0.05) is 10.2 Å². The van der Waals surface area contributed by atoms with Gasteiger partial charge >= 0.3 is 0 Å². The molecule has 6 heteroatoms. The fraction of sp³-hybridized carbons (Fsp3) is 0.133. The summed E-state index contributed by atoms with van der Waals surface area (Å²) in [5.74, 6) is -2.55. The van der Waals surface area contributed by atoms with Crippen LogP contribution in [0.15, 0.2) is 46.9 Å². The van der Waals surface area contributed by atoms with Gasteiger partial charge in [-0.25, -0.2) is 8.78 Å². The van der Waals surface area contributed by atoms with Crippen LogP contribution in [0, 0.1) is 11.6 Å². The summed E-state index contributed by atoms with van der Waals surface area (Å²) in [5, 5.41) is 2.80. The third-order valence-corrected chi connectivity index (χ3v) is 3.72. The van der Waals surface area contributed by atoms with Crippen molar-refractivity contribution in [3.05, 3.63) is 64.1 Å². The van der Waals surface area contributed by atoms with Crippen molar-refractivity contribution in [1.82, 2.24) is 0 Å². The lowest BCUT2D eigenvalue weighted by Crippen LogP contribution is -2.46. The molecule has 3 N–H and O–H groups in total. The number of halogens is 3. The van der Waals surface area contributed by atoms with Crippen molar-refractivity contribution in [2.45, 2.75) is 12.5 Å². The van der Waals surface area contributed by atoms with E-state index in [2.05, 4.69) is 21.2 Å². The zero-order valence-corrected chi connectivity index (χ0v) is 12.7. The Bertz CT molecular complexity index is 656. The van der Waals surface area contributed by atoms with E-state index in [0.717, 1.165) is 16.6 Å². The Hall–Kier alpha value is -1.95. The summed E-state index contributed by atoms with van der Waals surface area (Å²) in [5.41, 5.74) is 3.78. The van der Waals surface area contributed by atoms with Gasteiger partial charge in [-0.05, 0) is 43.3 Å². The molecular weight excluding hydrogens is 342 g/mol. The monoisotopic (exact) mass is 354 g/mol. The summed E-state index contributed by atoms with van der Waals surface area (Å²) >= 11 is 3.28. The van der Waals surface area contributed by atoms with E-state index in [1.807, 2.05) is 0 Å². The van der Waals surface area contributed by atoms with Crippen LogP contribution in [0.1, 0.15) is 12.5 Å². The van der Waals surface area contributed by atoms with Crippen molar-refractivity contribution in [3.63, 3.8) is 0 Å². The smallest absolute Gasteiger partial charge is 0.247 e. The van der Waals surface area contributed by atoms with Crippen molar-refractivity contribution < 1.29 is 13.6 Å². The number of rotatable bonds is 4. The minimum Gasteiger partial charge on any atom is -0.368 e. The first-order valence-corrected chi connectivity index (χ1v) is 6.92. The van der Waals surface area contributed by atoms with Crippen LogP contribution < -0.4 is 11.1 Å². The summed E-state index contributed by atoms with van der Waals surface area (Å²) in [6.07, 6.45) is 0. The molecular formula is C15H13BrF2N2O. The zero-order valence-electron chi connectivity index (χ0n) is 11.2. The van der Waals surface area contributed by atoms with Gasteiger partial charge < -0.3 is 11.1 Å². The fourth-order valence-corrected chi connectivity index (χ4v) is 2.31. The predicted molar refractivity (Wildman–Crippen MR) is 80.7 cm³/mol. The molecule has 0 saturated carbocycles. The van der Waals surface area contributed by atoms with Crippen molar-refractivity contribution in [2.24, 2.45) is 5.73 Å². The number of nitrogens with two attached hydrogens (primary N) is 1. The molecule has 3 nitrogen and oxygen atoms in total. The van der Waals surface area contributed by atoms with E-state index in [0.29, 0.717) is 5.69 Å². The van der Waals surface area contributed by atoms with E-state index < -0.39 is 28.6 Å². The molecule has 0 heterocycles. The van der Waals surface area contributed by atoms with Gasteiger partial charge in [-0.2, -0.15) is 0 Å². The average molecular weight is 355 g/mol. The molecule has 2 aromatic rings. The molecule has 21 heavy (non-hydrogen) atoms. The normalized spacial score (nSPS) is 13.5. The zero-order chi connectivity index (χ0) is 15.6. The molecule has 2 rings (SSSR count). The van der Waals surface area contributed by atoms with Gasteiger partial charge in [0.1, 0.15) is 17.2 Å². The van der Waals surface area contributed by atoms with Crippen LogP contribution in [0.3, 0.4) is 0 Å². The molecule has 0 aliphatic heterocycles. The largest absolute Gasteiger partial charge is 0.368 e. The maximum atomic E-state index is 14.0. The van der Waals surface area contributed by atoms with Crippen LogP contribution in [-0.2, 0) is 10.3 Å². The van der Waals surface area contributed by atoms with Gasteiger partial charge in [-0.3, -0.25) is 4.79 Å². The number of amides is 1. The van der Waals surface area contributed by atoms with Gasteiger partial charge in [-0.1, -0.05) is 22.0 Å². The van der Waals surface area contributed by atoms with Gasteiger partial charge in [0.05, 0.1) is 5.56 Å². The molecule has 0 aliphatic carbocycles. The number of hydrogen-bond donors (Lipinski definition) is 2. The SMILES string of the molecule is CC(Nc1ccc(Br)cc1)(C(N)=O)c1c(F)cccc1F. The molecule has 0 aromatic heterocycles. The third kappa shape index (κ3) is 3.05. The van der Waals surface area contributed by atoms with Crippen molar-refractivity contribution in [1.29, 1.82) is 0 Å². The van der Waals surface area contributed by atoms with Crippen LogP contribution in [0.25, 0.3) is 0 Å². The molecule has 0 bridgehead atoms. The highest BCUT2D eigenvalue weighted by molar-refractivity contribution is 9.10.